The number of hydrogen-bond acceptors (Lipinski definition) is 4. The molecule has 1 aliphatic carbocycles. The van der Waals surface area contributed by atoms with Gasteiger partial charge in [0.2, 0.25) is 0 Å². The zero-order chi connectivity index (χ0) is 40.5. The molecule has 4 nitrogen and oxygen atoms in total. The minimum Gasteiger partial charge on any atom is -0.310 e. The van der Waals surface area contributed by atoms with Crippen molar-refractivity contribution in [3.8, 4) is 33.9 Å². The summed E-state index contributed by atoms with van der Waals surface area (Å²) in [5.74, 6) is 0. The second-order valence-electron chi connectivity index (χ2n) is 17.8. The molecule has 0 saturated carbocycles. The number of aryl methyl sites for hydroxylation is 1. The molecule has 0 saturated heterocycles. The first kappa shape index (κ1) is 34.8. The van der Waals surface area contributed by atoms with E-state index in [0.717, 1.165) is 28.5 Å². The van der Waals surface area contributed by atoms with Gasteiger partial charge >= 0.3 is 0 Å². The van der Waals surface area contributed by atoms with Crippen molar-refractivity contribution in [3.05, 3.63) is 192 Å². The molecule has 1 aliphatic heterocycles. The molecule has 4 heteroatoms. The molecule has 2 aliphatic rings. The Balaban J connectivity index is 1.16. The Morgan fingerprint density at radius 1 is 0.400 bits per heavy atom. The van der Waals surface area contributed by atoms with E-state index in [1.54, 1.807) is 0 Å². The maximum atomic E-state index is 5.19. The van der Waals surface area contributed by atoms with Gasteiger partial charge in [-0.25, -0.2) is 4.98 Å². The lowest BCUT2D eigenvalue weighted by Gasteiger charge is -2.43. The number of hydrogen-bond donors (Lipinski definition) is 0. The molecule has 0 amide bonds. The maximum absolute atomic E-state index is 5.19. The molecular formula is C56H42N4. The number of nitrogens with zero attached hydrogens (tertiary/aromatic N) is 4. The molecule has 4 heterocycles. The highest BCUT2D eigenvalue weighted by Gasteiger charge is 2.43. The normalized spacial score (nSPS) is 14.7. The van der Waals surface area contributed by atoms with Crippen LogP contribution in [0.1, 0.15) is 55.5 Å². The molecule has 0 spiro atoms. The number of fused-ring (bicyclic) bond motifs is 12. The average molecular weight is 771 g/mol. The zero-order valence-corrected chi connectivity index (χ0v) is 34.4. The van der Waals surface area contributed by atoms with Crippen molar-refractivity contribution in [3.63, 3.8) is 0 Å². The van der Waals surface area contributed by atoms with E-state index in [0.29, 0.717) is 0 Å². The van der Waals surface area contributed by atoms with Gasteiger partial charge in [-0.05, 0) is 156 Å². The molecule has 3 aromatic heterocycles. The minimum absolute atomic E-state index is 0.257. The Labute approximate surface area is 349 Å². The molecule has 12 rings (SSSR count). The predicted molar refractivity (Wildman–Crippen MR) is 250 cm³/mol. The fourth-order valence-electron chi connectivity index (χ4n) is 10.4. The van der Waals surface area contributed by atoms with Crippen LogP contribution in [0.15, 0.2) is 164 Å². The van der Waals surface area contributed by atoms with Crippen LogP contribution in [0.3, 0.4) is 0 Å². The van der Waals surface area contributed by atoms with Crippen LogP contribution in [0.2, 0.25) is 0 Å². The Morgan fingerprint density at radius 2 is 0.917 bits per heavy atom. The van der Waals surface area contributed by atoms with Gasteiger partial charge in [-0.1, -0.05) is 112 Å². The predicted octanol–water partition coefficient (Wildman–Crippen LogP) is 14.5. The fraction of sp³-hybridized carbons (Fsp3) is 0.125. The van der Waals surface area contributed by atoms with Gasteiger partial charge < -0.3 is 4.90 Å². The summed E-state index contributed by atoms with van der Waals surface area (Å²) in [5.41, 5.74) is 15.3. The van der Waals surface area contributed by atoms with Gasteiger partial charge in [0.1, 0.15) is 0 Å². The molecular weight excluding hydrogens is 729 g/mol. The van der Waals surface area contributed by atoms with Crippen LogP contribution in [0, 0.1) is 6.92 Å². The second-order valence-corrected chi connectivity index (χ2v) is 17.8. The number of rotatable bonds is 3. The third kappa shape index (κ3) is 4.94. The SMILES string of the molecule is Cc1ccc2c(c1)c1ccccc1c1cc3c(cc21)C(C)(C)c1cc2c(cc1-3)C(C)(C)c1cc3ccccc3cc1N2c1cc(-c2ccccn2)nc(-c2ccccn2)c1. The number of anilines is 3. The summed E-state index contributed by atoms with van der Waals surface area (Å²) in [6, 6.07) is 55.9. The molecule has 0 unspecified atom stereocenters. The van der Waals surface area contributed by atoms with Gasteiger partial charge in [0.15, 0.2) is 0 Å². The summed E-state index contributed by atoms with van der Waals surface area (Å²) in [5, 5.41) is 10.3. The van der Waals surface area contributed by atoms with E-state index in [1.807, 2.05) is 48.8 Å². The number of benzene rings is 7. The molecule has 60 heavy (non-hydrogen) atoms. The third-order valence-corrected chi connectivity index (χ3v) is 13.5. The Kier molecular flexibility index (Phi) is 7.21. The van der Waals surface area contributed by atoms with Crippen molar-refractivity contribution in [2.75, 3.05) is 4.90 Å². The van der Waals surface area contributed by atoms with Gasteiger partial charge in [0.05, 0.1) is 39.8 Å². The Hall–Kier alpha value is -7.17. The lowest BCUT2D eigenvalue weighted by Crippen LogP contribution is -2.31. The third-order valence-electron chi connectivity index (χ3n) is 13.5. The van der Waals surface area contributed by atoms with Gasteiger partial charge in [0.25, 0.3) is 0 Å². The van der Waals surface area contributed by atoms with E-state index < -0.39 is 0 Å². The van der Waals surface area contributed by atoms with Crippen molar-refractivity contribution >= 4 is 60.2 Å². The largest absolute Gasteiger partial charge is 0.310 e. The topological polar surface area (TPSA) is 41.9 Å². The Bertz CT molecular complexity index is 3380. The molecule has 7 aromatic carbocycles. The van der Waals surface area contributed by atoms with E-state index >= 15 is 0 Å². The quantitative estimate of drug-likeness (QED) is 0.168. The van der Waals surface area contributed by atoms with Crippen molar-refractivity contribution < 1.29 is 0 Å². The standard InChI is InChI=1S/C56H42N4/c1-33-20-21-39-40(24-33)37-16-8-9-17-38(37)41-29-43-44-31-48-54(32-46(44)55(2,3)45(43)30-42(39)41)60(53-26-35-15-7-6-14-34(35)25-47(53)56(48,4)5)36-27-51(49-18-10-12-22-57-49)59-52(28-36)50-19-11-13-23-58-50/h6-32H,1-5H3. The van der Waals surface area contributed by atoms with Crippen molar-refractivity contribution in [2.45, 2.75) is 45.4 Å². The summed E-state index contributed by atoms with van der Waals surface area (Å²) in [7, 11) is 0. The molecule has 0 radical (unpaired) electrons. The van der Waals surface area contributed by atoms with Crippen molar-refractivity contribution in [1.82, 2.24) is 15.0 Å². The summed E-state index contributed by atoms with van der Waals surface area (Å²) in [6.45, 7) is 11.8. The molecule has 0 atom stereocenters. The van der Waals surface area contributed by atoms with Crippen LogP contribution in [0.5, 0.6) is 0 Å². The van der Waals surface area contributed by atoms with E-state index in [4.69, 9.17) is 15.0 Å². The first-order chi connectivity index (χ1) is 29.1. The summed E-state index contributed by atoms with van der Waals surface area (Å²) < 4.78 is 0. The number of aromatic nitrogens is 3. The molecule has 286 valence electrons. The van der Waals surface area contributed by atoms with Crippen molar-refractivity contribution in [2.24, 2.45) is 0 Å². The molecule has 0 bridgehead atoms. The lowest BCUT2D eigenvalue weighted by molar-refractivity contribution is 0.628. The van der Waals surface area contributed by atoms with Crippen LogP contribution < -0.4 is 4.90 Å². The van der Waals surface area contributed by atoms with Gasteiger partial charge in [-0.15, -0.1) is 0 Å². The fourth-order valence-corrected chi connectivity index (χ4v) is 10.4. The first-order valence-electron chi connectivity index (χ1n) is 20.9. The van der Waals surface area contributed by atoms with E-state index in [-0.39, 0.29) is 10.8 Å². The van der Waals surface area contributed by atoms with Crippen LogP contribution in [0.4, 0.5) is 17.1 Å². The maximum Gasteiger partial charge on any atom is 0.0915 e. The zero-order valence-electron chi connectivity index (χ0n) is 34.4. The van der Waals surface area contributed by atoms with Gasteiger partial charge in [0, 0.05) is 23.2 Å². The van der Waals surface area contributed by atoms with Crippen molar-refractivity contribution in [1.29, 1.82) is 0 Å². The number of pyridine rings is 3. The monoisotopic (exact) mass is 770 g/mol. The van der Waals surface area contributed by atoms with E-state index in [9.17, 15) is 0 Å². The lowest BCUT2D eigenvalue weighted by atomic mass is 9.71. The second kappa shape index (κ2) is 12.4. The van der Waals surface area contributed by atoms with Crippen LogP contribution in [-0.2, 0) is 10.8 Å². The van der Waals surface area contributed by atoms with Crippen LogP contribution in [-0.4, -0.2) is 15.0 Å². The van der Waals surface area contributed by atoms with Gasteiger partial charge in [-0.2, -0.15) is 0 Å². The summed E-state index contributed by atoms with van der Waals surface area (Å²) in [6.07, 6.45) is 3.67. The highest BCUT2D eigenvalue weighted by molar-refractivity contribution is 6.26. The van der Waals surface area contributed by atoms with E-state index in [2.05, 4.69) is 155 Å². The minimum atomic E-state index is -0.314. The molecule has 10 aromatic rings. The molecule has 0 N–H and O–H groups in total. The van der Waals surface area contributed by atoms with E-state index in [1.165, 1.54) is 93.4 Å². The highest BCUT2D eigenvalue weighted by Crippen LogP contribution is 2.59. The summed E-state index contributed by atoms with van der Waals surface area (Å²) >= 11 is 0. The molecule has 0 fully saturated rings. The average Bonchev–Trinajstić information content (AvgIpc) is 3.49. The Morgan fingerprint density at radius 3 is 1.58 bits per heavy atom. The van der Waals surface area contributed by atoms with Gasteiger partial charge in [-0.3, -0.25) is 9.97 Å². The van der Waals surface area contributed by atoms with Crippen LogP contribution in [0.25, 0.3) is 77.0 Å². The summed E-state index contributed by atoms with van der Waals surface area (Å²) in [4.78, 5) is 17.2. The highest BCUT2D eigenvalue weighted by atomic mass is 15.2. The smallest absolute Gasteiger partial charge is 0.0915 e. The van der Waals surface area contributed by atoms with Crippen LogP contribution >= 0.6 is 0 Å². The first-order valence-corrected chi connectivity index (χ1v) is 20.9.